The first-order chi connectivity index (χ1) is 15.9. The monoisotopic (exact) mass is 545 g/mol. The smallest absolute Gasteiger partial charge is 0.648 e. The summed E-state index contributed by atoms with van der Waals surface area (Å²) in [6, 6.07) is 7.44. The molecule has 0 aromatic heterocycles. The standard InChI is InChI=1S/C25H37N3O5.Rb.H2/c1-20(26-2)16-23(30)17-21-9-11-22(12-10-21)18-28-25(32)19-33-15-7-8-24(31)27-13-5-3-4-6-14-29;;/h9-12,14,16H,3-8,13,15,17-19H2,1-2H3,(H3,26,27,28,30,31,32);;1H/q;+1;/p-1. The third-order valence-electron chi connectivity index (χ3n) is 4.85. The van der Waals surface area contributed by atoms with Crippen molar-refractivity contribution in [1.29, 1.82) is 0 Å². The van der Waals surface area contributed by atoms with Crippen LogP contribution in [-0.2, 0) is 36.9 Å². The van der Waals surface area contributed by atoms with Gasteiger partial charge in [0.1, 0.15) is 6.29 Å². The average molecular weight is 546 g/mol. The van der Waals surface area contributed by atoms with Gasteiger partial charge in [-0.15, -0.1) is 6.54 Å². The molecule has 0 saturated heterocycles. The number of rotatable bonds is 18. The van der Waals surface area contributed by atoms with Crippen LogP contribution in [0.4, 0.5) is 0 Å². The van der Waals surface area contributed by atoms with Crippen molar-refractivity contribution in [2.45, 2.75) is 58.4 Å². The zero-order chi connectivity index (χ0) is 24.3. The number of ether oxygens (including phenoxy) is 1. The summed E-state index contributed by atoms with van der Waals surface area (Å²) in [5.74, 6) is -0.361. The summed E-state index contributed by atoms with van der Waals surface area (Å²) in [5.41, 5.74) is 2.60. The number of amides is 2. The first-order valence-corrected chi connectivity index (χ1v) is 11.4. The van der Waals surface area contributed by atoms with Crippen molar-refractivity contribution in [3.8, 4) is 0 Å². The predicted molar refractivity (Wildman–Crippen MR) is 130 cm³/mol. The molecule has 1 rings (SSSR count). The Kier molecular flexibility index (Phi) is 20.4. The third kappa shape index (κ3) is 17.3. The van der Waals surface area contributed by atoms with Crippen LogP contribution in [0.3, 0.4) is 0 Å². The van der Waals surface area contributed by atoms with Crippen molar-refractivity contribution >= 4 is 23.9 Å². The number of ketones is 1. The molecule has 0 saturated carbocycles. The number of nitrogens with zero attached hydrogens (tertiary/aromatic N) is 1. The van der Waals surface area contributed by atoms with Gasteiger partial charge in [0.2, 0.25) is 5.91 Å². The van der Waals surface area contributed by atoms with Crippen molar-refractivity contribution in [2.75, 3.05) is 26.8 Å². The van der Waals surface area contributed by atoms with Crippen LogP contribution in [0.5, 0.6) is 0 Å². The molecule has 0 atom stereocenters. The summed E-state index contributed by atoms with van der Waals surface area (Å²) < 4.78 is 5.30. The SMILES string of the molecule is CN/C(C)=C\C(=O)Cc1ccc(C[N-]C(=O)COCCCC(=O)NCCCCCC=O)cc1.[HH].[Rb+]. The van der Waals surface area contributed by atoms with E-state index in [2.05, 4.69) is 16.0 Å². The molecular formula is C25H38N3O5Rb. The van der Waals surface area contributed by atoms with Crippen LogP contribution < -0.4 is 68.8 Å². The van der Waals surface area contributed by atoms with E-state index in [1.807, 2.05) is 31.2 Å². The van der Waals surface area contributed by atoms with E-state index in [4.69, 9.17) is 4.74 Å². The maximum absolute atomic E-state index is 11.9. The maximum Gasteiger partial charge on any atom is 1.00 e. The van der Waals surface area contributed by atoms with Crippen LogP contribution in [0.2, 0.25) is 0 Å². The summed E-state index contributed by atoms with van der Waals surface area (Å²) in [6.45, 7) is 2.91. The second-order valence-electron chi connectivity index (χ2n) is 7.77. The molecule has 0 heterocycles. The van der Waals surface area contributed by atoms with E-state index in [1.54, 1.807) is 13.1 Å². The van der Waals surface area contributed by atoms with Gasteiger partial charge in [-0.2, -0.15) is 0 Å². The van der Waals surface area contributed by atoms with E-state index in [9.17, 15) is 19.2 Å². The Morgan fingerprint density at radius 2 is 1.76 bits per heavy atom. The molecule has 0 unspecified atom stereocenters. The molecule has 1 aromatic carbocycles. The molecule has 2 amide bonds. The molecule has 0 spiro atoms. The minimum Gasteiger partial charge on any atom is -0.648 e. The summed E-state index contributed by atoms with van der Waals surface area (Å²) >= 11 is 0. The van der Waals surface area contributed by atoms with Gasteiger partial charge < -0.3 is 30.3 Å². The fourth-order valence-electron chi connectivity index (χ4n) is 2.89. The molecule has 0 aliphatic carbocycles. The average Bonchev–Trinajstić information content (AvgIpc) is 2.80. The molecule has 2 N–H and O–H groups in total. The molecule has 9 heteroatoms. The van der Waals surface area contributed by atoms with Crippen LogP contribution in [-0.4, -0.2) is 50.7 Å². The van der Waals surface area contributed by atoms with Crippen LogP contribution in [0.25, 0.3) is 5.32 Å². The molecule has 184 valence electrons. The summed E-state index contributed by atoms with van der Waals surface area (Å²) in [5, 5.41) is 9.74. The van der Waals surface area contributed by atoms with Gasteiger partial charge in [-0.1, -0.05) is 36.2 Å². The Morgan fingerprint density at radius 1 is 1.06 bits per heavy atom. The van der Waals surface area contributed by atoms with Crippen LogP contribution in [0.1, 0.15) is 58.0 Å². The Bertz CT molecular complexity index is 788. The minimum absolute atomic E-state index is 0. The number of carbonyl (C=O) groups excluding carboxylic acids is 4. The molecule has 0 radical (unpaired) electrons. The molecule has 0 aliphatic rings. The molecule has 0 bridgehead atoms. The largest absolute Gasteiger partial charge is 1.00 e. The van der Waals surface area contributed by atoms with E-state index >= 15 is 0 Å². The van der Waals surface area contributed by atoms with Gasteiger partial charge in [0.05, 0.1) is 12.5 Å². The Balaban J connectivity index is 0. The molecule has 8 nitrogen and oxygen atoms in total. The number of hydrogen-bond acceptors (Lipinski definition) is 6. The second kappa shape index (κ2) is 21.1. The second-order valence-corrected chi connectivity index (χ2v) is 7.77. The normalized spacial score (nSPS) is 10.7. The number of nitrogens with one attached hydrogen (secondary N) is 2. The van der Waals surface area contributed by atoms with Crippen LogP contribution in [0, 0.1) is 0 Å². The van der Waals surface area contributed by atoms with Gasteiger partial charge in [-0.3, -0.25) is 9.59 Å². The first kappa shape index (κ1) is 32.8. The quantitative estimate of drug-likeness (QED) is 0.155. The third-order valence-corrected chi connectivity index (χ3v) is 4.85. The number of aldehydes is 1. The maximum atomic E-state index is 11.9. The zero-order valence-electron chi connectivity index (χ0n) is 20.7. The van der Waals surface area contributed by atoms with E-state index < -0.39 is 0 Å². The zero-order valence-corrected chi connectivity index (χ0v) is 25.6. The predicted octanol–water partition coefficient (Wildman–Crippen LogP) is 0.244. The van der Waals surface area contributed by atoms with Gasteiger partial charge in [-0.25, -0.2) is 0 Å². The minimum atomic E-state index is -0.346. The Hall–Kier alpha value is -1.19. The van der Waals surface area contributed by atoms with Gasteiger partial charge in [-0.05, 0) is 31.7 Å². The van der Waals surface area contributed by atoms with E-state index in [0.29, 0.717) is 38.8 Å². The molecule has 34 heavy (non-hydrogen) atoms. The number of benzene rings is 1. The topological polar surface area (TPSA) is 116 Å². The van der Waals surface area contributed by atoms with E-state index in [1.165, 1.54) is 0 Å². The van der Waals surface area contributed by atoms with Gasteiger partial charge in [0.15, 0.2) is 5.78 Å². The summed E-state index contributed by atoms with van der Waals surface area (Å²) in [7, 11) is 1.77. The Morgan fingerprint density at radius 3 is 2.44 bits per heavy atom. The number of carbonyl (C=O) groups is 4. The van der Waals surface area contributed by atoms with E-state index in [0.717, 1.165) is 42.4 Å². The summed E-state index contributed by atoms with van der Waals surface area (Å²) in [4.78, 5) is 45.7. The van der Waals surface area contributed by atoms with Gasteiger partial charge in [0.25, 0.3) is 0 Å². The van der Waals surface area contributed by atoms with E-state index in [-0.39, 0.29) is 90.4 Å². The molecule has 0 fully saturated rings. The Labute approximate surface area is 253 Å². The van der Waals surface area contributed by atoms with Crippen molar-refractivity contribution in [3.63, 3.8) is 0 Å². The van der Waals surface area contributed by atoms with Crippen molar-refractivity contribution in [2.24, 2.45) is 0 Å². The van der Waals surface area contributed by atoms with Gasteiger partial charge in [0, 0.05) is 52.7 Å². The fraction of sp³-hybridized carbons (Fsp3) is 0.520. The van der Waals surface area contributed by atoms with Crippen molar-refractivity contribution in [3.05, 3.63) is 52.5 Å². The van der Waals surface area contributed by atoms with Crippen molar-refractivity contribution < 1.29 is 83.5 Å². The van der Waals surface area contributed by atoms with Gasteiger partial charge >= 0.3 is 58.2 Å². The van der Waals surface area contributed by atoms with Crippen LogP contribution >= 0.6 is 0 Å². The molecule has 1 aromatic rings. The number of unbranched alkanes of at least 4 members (excludes halogenated alkanes) is 3. The molecular weight excluding hydrogens is 508 g/mol. The summed E-state index contributed by atoms with van der Waals surface area (Å²) in [6.07, 6.45) is 6.90. The fourth-order valence-corrected chi connectivity index (χ4v) is 2.89. The number of hydrogen-bond donors (Lipinski definition) is 2. The van der Waals surface area contributed by atoms with Crippen molar-refractivity contribution in [1.82, 2.24) is 10.6 Å². The van der Waals surface area contributed by atoms with Crippen LogP contribution in [0.15, 0.2) is 36.0 Å². The molecule has 0 aliphatic heterocycles. The first-order valence-electron chi connectivity index (χ1n) is 11.4. The number of allylic oxidation sites excluding steroid dienone is 2.